The van der Waals surface area contributed by atoms with Crippen molar-refractivity contribution in [1.29, 1.82) is 0 Å². The van der Waals surface area contributed by atoms with E-state index in [9.17, 15) is 14.0 Å². The summed E-state index contributed by atoms with van der Waals surface area (Å²) < 4.78 is 14.9. The lowest BCUT2D eigenvalue weighted by Gasteiger charge is -2.34. The molecule has 1 saturated heterocycles. The van der Waals surface area contributed by atoms with Crippen LogP contribution in [-0.4, -0.2) is 68.0 Å². The fourth-order valence-corrected chi connectivity index (χ4v) is 4.29. The first-order chi connectivity index (χ1) is 16.0. The van der Waals surface area contributed by atoms with Gasteiger partial charge in [-0.05, 0) is 78.6 Å². The van der Waals surface area contributed by atoms with E-state index in [1.807, 2.05) is 24.8 Å². The number of likely N-dealkylation sites (tertiary alicyclic amines) is 1. The molecule has 9 heteroatoms. The van der Waals surface area contributed by atoms with Crippen molar-refractivity contribution < 1.29 is 14.0 Å². The van der Waals surface area contributed by atoms with Crippen LogP contribution in [0.15, 0.2) is 48.8 Å². The van der Waals surface area contributed by atoms with E-state index in [2.05, 4.69) is 15.5 Å². The molecule has 172 valence electrons. The van der Waals surface area contributed by atoms with Crippen molar-refractivity contribution in [3.05, 3.63) is 60.2 Å². The molecule has 33 heavy (non-hydrogen) atoms. The third kappa shape index (κ3) is 4.92. The van der Waals surface area contributed by atoms with Gasteiger partial charge in [0, 0.05) is 31.7 Å². The molecule has 1 atom stereocenters. The molecule has 1 unspecified atom stereocenters. The molecule has 0 spiro atoms. The average Bonchev–Trinajstić information content (AvgIpc) is 3.40. The van der Waals surface area contributed by atoms with Gasteiger partial charge < -0.3 is 9.80 Å². The number of nitrogens with zero attached hydrogens (tertiary/aromatic N) is 6. The Kier molecular flexibility index (Phi) is 6.76. The van der Waals surface area contributed by atoms with Crippen LogP contribution in [0.4, 0.5) is 4.39 Å². The van der Waals surface area contributed by atoms with Crippen LogP contribution in [0.25, 0.3) is 16.8 Å². The fourth-order valence-electron chi connectivity index (χ4n) is 4.29. The van der Waals surface area contributed by atoms with Gasteiger partial charge in [0.15, 0.2) is 0 Å². The molecule has 2 aromatic carbocycles. The highest BCUT2D eigenvalue weighted by atomic mass is 19.1. The Bertz CT molecular complexity index is 1110. The Morgan fingerprint density at radius 1 is 1.09 bits per heavy atom. The predicted molar refractivity (Wildman–Crippen MR) is 121 cm³/mol. The van der Waals surface area contributed by atoms with E-state index >= 15 is 0 Å². The molecule has 1 fully saturated rings. The Morgan fingerprint density at radius 3 is 2.52 bits per heavy atom. The molecule has 0 bridgehead atoms. The number of rotatable bonds is 6. The molecule has 1 aromatic heterocycles. The lowest BCUT2D eigenvalue weighted by Crippen LogP contribution is -2.46. The van der Waals surface area contributed by atoms with Crippen molar-refractivity contribution in [3.63, 3.8) is 0 Å². The van der Waals surface area contributed by atoms with Gasteiger partial charge in [0.2, 0.25) is 5.91 Å². The van der Waals surface area contributed by atoms with Crippen LogP contribution in [0.1, 0.15) is 37.0 Å². The van der Waals surface area contributed by atoms with Crippen LogP contribution >= 0.6 is 0 Å². The van der Waals surface area contributed by atoms with Crippen molar-refractivity contribution in [2.45, 2.75) is 26.7 Å². The molecule has 8 nitrogen and oxygen atoms in total. The van der Waals surface area contributed by atoms with E-state index in [0.29, 0.717) is 37.4 Å². The van der Waals surface area contributed by atoms with Crippen LogP contribution in [-0.2, 0) is 4.79 Å². The maximum absolute atomic E-state index is 13.5. The molecular formula is C24H27FN6O2. The minimum absolute atomic E-state index is 0.104. The van der Waals surface area contributed by atoms with Gasteiger partial charge in [0.25, 0.3) is 5.91 Å². The van der Waals surface area contributed by atoms with Crippen molar-refractivity contribution in [2.75, 3.05) is 26.2 Å². The molecule has 0 aliphatic carbocycles. The Hall–Kier alpha value is -3.62. The quantitative estimate of drug-likeness (QED) is 0.576. The van der Waals surface area contributed by atoms with Gasteiger partial charge in [0.1, 0.15) is 12.1 Å². The molecule has 0 radical (unpaired) electrons. The van der Waals surface area contributed by atoms with Gasteiger partial charge in [-0.15, -0.1) is 5.10 Å². The second-order valence-electron chi connectivity index (χ2n) is 8.13. The zero-order valence-corrected chi connectivity index (χ0v) is 18.8. The van der Waals surface area contributed by atoms with E-state index in [0.717, 1.165) is 24.0 Å². The highest BCUT2D eigenvalue weighted by Crippen LogP contribution is 2.27. The van der Waals surface area contributed by atoms with Crippen LogP contribution < -0.4 is 0 Å². The smallest absolute Gasteiger partial charge is 0.253 e. The summed E-state index contributed by atoms with van der Waals surface area (Å²) in [5.41, 5.74) is 2.61. The Balaban J connectivity index is 1.65. The number of hydrogen-bond donors (Lipinski definition) is 0. The minimum atomic E-state index is -0.330. The summed E-state index contributed by atoms with van der Waals surface area (Å²) in [6.45, 7) is 6.25. The zero-order valence-electron chi connectivity index (χ0n) is 18.8. The van der Waals surface area contributed by atoms with Crippen LogP contribution in [0.2, 0.25) is 0 Å². The standard InChI is InChI=1S/C24H27FN6O2/c1-3-29(4-2)23(32)18-6-5-11-30(15-18)24(33)20-12-19(17-7-9-21(25)10-8-17)13-22(14-20)31-16-26-27-28-31/h7-10,12-14,16,18H,3-6,11,15H2,1-2H3. The largest absolute Gasteiger partial charge is 0.343 e. The Labute approximate surface area is 192 Å². The Morgan fingerprint density at radius 2 is 1.85 bits per heavy atom. The van der Waals surface area contributed by atoms with Crippen LogP contribution in [0.3, 0.4) is 0 Å². The van der Waals surface area contributed by atoms with Crippen molar-refractivity contribution >= 4 is 11.8 Å². The third-order valence-corrected chi connectivity index (χ3v) is 6.09. The van der Waals surface area contributed by atoms with E-state index in [-0.39, 0.29) is 23.5 Å². The lowest BCUT2D eigenvalue weighted by atomic mass is 9.95. The second kappa shape index (κ2) is 9.89. The highest BCUT2D eigenvalue weighted by molar-refractivity contribution is 5.96. The molecule has 3 aromatic rings. The van der Waals surface area contributed by atoms with Gasteiger partial charge in [-0.2, -0.15) is 0 Å². The molecule has 1 aliphatic heterocycles. The highest BCUT2D eigenvalue weighted by Gasteiger charge is 2.31. The van der Waals surface area contributed by atoms with Crippen LogP contribution in [0, 0.1) is 11.7 Å². The first kappa shape index (κ1) is 22.6. The third-order valence-electron chi connectivity index (χ3n) is 6.09. The number of halogens is 1. The first-order valence-corrected chi connectivity index (χ1v) is 11.2. The summed E-state index contributed by atoms with van der Waals surface area (Å²) in [6.07, 6.45) is 3.02. The number of aromatic nitrogens is 4. The van der Waals surface area contributed by atoms with E-state index in [1.165, 1.54) is 23.1 Å². The molecule has 1 aliphatic rings. The van der Waals surface area contributed by atoms with Crippen molar-refractivity contribution in [2.24, 2.45) is 5.92 Å². The number of tetrazole rings is 1. The SMILES string of the molecule is CCN(CC)C(=O)C1CCCN(C(=O)c2cc(-c3ccc(F)cc3)cc(-n3cnnn3)c2)C1. The van der Waals surface area contributed by atoms with E-state index in [4.69, 9.17) is 0 Å². The van der Waals surface area contributed by atoms with Gasteiger partial charge in [-0.1, -0.05) is 12.1 Å². The average molecular weight is 451 g/mol. The topological polar surface area (TPSA) is 84.2 Å². The fraction of sp³-hybridized carbons (Fsp3) is 0.375. The number of amides is 2. The van der Waals surface area contributed by atoms with Gasteiger partial charge in [-0.25, -0.2) is 9.07 Å². The first-order valence-electron chi connectivity index (χ1n) is 11.2. The molecule has 2 heterocycles. The summed E-state index contributed by atoms with van der Waals surface area (Å²) in [5.74, 6) is -0.567. The monoisotopic (exact) mass is 450 g/mol. The van der Waals surface area contributed by atoms with Gasteiger partial charge in [0.05, 0.1) is 11.6 Å². The summed E-state index contributed by atoms with van der Waals surface area (Å²) in [6, 6.07) is 11.5. The number of hydrogen-bond acceptors (Lipinski definition) is 5. The number of benzene rings is 2. The van der Waals surface area contributed by atoms with E-state index in [1.54, 1.807) is 29.2 Å². The summed E-state index contributed by atoms with van der Waals surface area (Å²) in [7, 11) is 0. The maximum atomic E-state index is 13.5. The van der Waals surface area contributed by atoms with Gasteiger partial charge >= 0.3 is 0 Å². The lowest BCUT2D eigenvalue weighted by molar-refractivity contribution is -0.136. The zero-order chi connectivity index (χ0) is 23.4. The van der Waals surface area contributed by atoms with Crippen molar-refractivity contribution in [1.82, 2.24) is 30.0 Å². The second-order valence-corrected chi connectivity index (χ2v) is 8.13. The predicted octanol–water partition coefficient (Wildman–Crippen LogP) is 3.19. The summed E-state index contributed by atoms with van der Waals surface area (Å²) in [4.78, 5) is 30.0. The maximum Gasteiger partial charge on any atom is 0.253 e. The molecule has 4 rings (SSSR count). The molecular weight excluding hydrogens is 423 g/mol. The van der Waals surface area contributed by atoms with Gasteiger partial charge in [-0.3, -0.25) is 9.59 Å². The van der Waals surface area contributed by atoms with E-state index < -0.39 is 0 Å². The number of piperidine rings is 1. The summed E-state index contributed by atoms with van der Waals surface area (Å²) in [5, 5.41) is 11.3. The molecule has 0 N–H and O–H groups in total. The number of carbonyl (C=O) groups is 2. The van der Waals surface area contributed by atoms with Crippen molar-refractivity contribution in [3.8, 4) is 16.8 Å². The minimum Gasteiger partial charge on any atom is -0.343 e. The number of carbonyl (C=O) groups excluding carboxylic acids is 2. The summed E-state index contributed by atoms with van der Waals surface area (Å²) >= 11 is 0. The van der Waals surface area contributed by atoms with Crippen LogP contribution in [0.5, 0.6) is 0 Å². The molecule has 2 amide bonds. The molecule has 0 saturated carbocycles. The normalized spacial score (nSPS) is 16.0.